The number of unbranched alkanes of at least 4 members (excludes halogenated alkanes) is 4. The second-order valence-corrected chi connectivity index (χ2v) is 12.2. The molecule has 3 aromatic rings. The number of ether oxygens (including phenoxy) is 5. The topological polar surface area (TPSA) is 68.2 Å². The Bertz CT molecular complexity index is 1640. The van der Waals surface area contributed by atoms with Gasteiger partial charge in [0.15, 0.2) is 0 Å². The Balaban J connectivity index is 1.78. The minimum Gasteiger partial charge on any atom is -0.493 e. The molecule has 7 nitrogen and oxygen atoms in total. The van der Waals surface area contributed by atoms with Crippen molar-refractivity contribution in [2.75, 3.05) is 13.2 Å². The predicted octanol–water partition coefficient (Wildman–Crippen LogP) is 11.2. The number of rotatable bonds is 22. The summed E-state index contributed by atoms with van der Waals surface area (Å²) < 4.78 is 147. The third-order valence-corrected chi connectivity index (χ3v) is 7.65. The molecule has 0 spiro atoms. The summed E-state index contributed by atoms with van der Waals surface area (Å²) >= 11 is 0. The molecule has 1 aromatic heterocycles. The van der Waals surface area contributed by atoms with E-state index in [0.717, 1.165) is 32.1 Å². The van der Waals surface area contributed by atoms with Gasteiger partial charge in [0.05, 0.1) is 37.3 Å². The normalized spacial score (nSPS) is 12.7. The maximum atomic E-state index is 14.3. The molecule has 0 atom stereocenters. The van der Waals surface area contributed by atoms with Gasteiger partial charge >= 0.3 is 30.8 Å². The maximum Gasteiger partial charge on any atom is 0.573 e. The Hall–Kier alpha value is -3.92. The van der Waals surface area contributed by atoms with Crippen molar-refractivity contribution in [1.82, 2.24) is 4.57 Å². The van der Waals surface area contributed by atoms with Gasteiger partial charge in [-0.05, 0) is 62.1 Å². The molecule has 1 heterocycles. The van der Waals surface area contributed by atoms with E-state index in [1.54, 1.807) is 28.8 Å². The Morgan fingerprint density at radius 1 is 0.788 bits per heavy atom. The molecular weight excluding hydrogens is 713 g/mol. The quantitative estimate of drug-likeness (QED) is 0.0334. The van der Waals surface area contributed by atoms with Gasteiger partial charge in [0, 0.05) is 29.1 Å². The number of fused-ring (bicyclic) bond motifs is 1. The highest BCUT2D eigenvalue weighted by Gasteiger charge is 2.52. The number of hydrogen-bond acceptors (Lipinski definition) is 6. The van der Waals surface area contributed by atoms with Crippen LogP contribution in [0.4, 0.5) is 39.5 Å². The van der Waals surface area contributed by atoms with Crippen molar-refractivity contribution in [2.45, 2.75) is 110 Å². The Kier molecular flexibility index (Phi) is 14.9. The molecule has 0 radical (unpaired) electrons. The summed E-state index contributed by atoms with van der Waals surface area (Å²) in [7, 11) is 0. The lowest BCUT2D eigenvalue weighted by Crippen LogP contribution is -2.41. The van der Waals surface area contributed by atoms with Crippen molar-refractivity contribution >= 4 is 16.9 Å². The number of hydrogen-bond donors (Lipinski definition) is 0. The first kappa shape index (κ1) is 42.5. The second-order valence-electron chi connectivity index (χ2n) is 12.2. The van der Waals surface area contributed by atoms with Crippen molar-refractivity contribution in [3.8, 4) is 22.8 Å². The Morgan fingerprint density at radius 3 is 2.04 bits per heavy atom. The average molecular weight is 756 g/mol. The largest absolute Gasteiger partial charge is 0.573 e. The number of esters is 1. The summed E-state index contributed by atoms with van der Waals surface area (Å²) in [6.07, 6.45) is -17.4. The lowest BCUT2D eigenvalue weighted by atomic mass is 10.0. The van der Waals surface area contributed by atoms with Crippen molar-refractivity contribution in [1.29, 1.82) is 0 Å². The fourth-order valence-electron chi connectivity index (χ4n) is 5.17. The zero-order valence-electron chi connectivity index (χ0n) is 29.0. The maximum absolute atomic E-state index is 14.3. The molecule has 0 amide bonds. The van der Waals surface area contributed by atoms with Crippen LogP contribution >= 0.6 is 0 Å². The fraction of sp³-hybridized carbons (Fsp3) is 0.528. The molecule has 0 fully saturated rings. The molecule has 0 saturated carbocycles. The summed E-state index contributed by atoms with van der Waals surface area (Å²) in [5, 5.41) is 0.588. The highest BCUT2D eigenvalue weighted by atomic mass is 19.4. The number of carbonyl (C=O) groups excluding carboxylic acids is 1. The smallest absolute Gasteiger partial charge is 0.493 e. The van der Waals surface area contributed by atoms with E-state index in [-0.39, 0.29) is 22.6 Å². The van der Waals surface area contributed by atoms with Crippen molar-refractivity contribution in [2.24, 2.45) is 0 Å². The van der Waals surface area contributed by atoms with Crippen LogP contribution in [-0.4, -0.2) is 48.6 Å². The third kappa shape index (κ3) is 13.6. The fourth-order valence-corrected chi connectivity index (χ4v) is 5.17. The van der Waals surface area contributed by atoms with Gasteiger partial charge in [0.2, 0.25) is 0 Å². The number of benzene rings is 2. The first-order chi connectivity index (χ1) is 24.2. The second kappa shape index (κ2) is 18.2. The standard InChI is InChI=1S/C36H42F9NO6/c1-5-7-9-11-25-12-15-28(31(21-25)50-35(41,42)43)30-22-26-13-14-27(23-29(26)46(30)18-10-8-6-2)48-19-16-33(37,38)51-36(44,45)52-34(39,40)17-20-49-32(47)24(3)4/h12-15,21-23H,3,5-11,16-20H2,1-2,4H3. The van der Waals surface area contributed by atoms with Crippen LogP contribution in [-0.2, 0) is 32.0 Å². The molecule has 0 N–H and O–H groups in total. The number of nitrogens with zero attached hydrogens (tertiary/aromatic N) is 1. The molecule has 0 bridgehead atoms. The first-order valence-corrected chi connectivity index (χ1v) is 16.8. The van der Waals surface area contributed by atoms with E-state index in [2.05, 4.69) is 25.5 Å². The Labute approximate surface area is 295 Å². The number of aryl methyl sites for hydroxylation is 2. The van der Waals surface area contributed by atoms with Gasteiger partial charge in [-0.2, -0.15) is 17.6 Å². The van der Waals surface area contributed by atoms with Crippen molar-refractivity contribution < 1.29 is 68.0 Å². The molecule has 0 aliphatic rings. The minimum absolute atomic E-state index is 0.0154. The number of aromatic nitrogens is 1. The van der Waals surface area contributed by atoms with Crippen LogP contribution in [0.25, 0.3) is 22.2 Å². The van der Waals surface area contributed by atoms with E-state index >= 15 is 0 Å². The summed E-state index contributed by atoms with van der Waals surface area (Å²) in [5.74, 6) is -1.42. The minimum atomic E-state index is -5.44. The molecule has 0 saturated heterocycles. The molecule has 16 heteroatoms. The highest BCUT2D eigenvalue weighted by Crippen LogP contribution is 2.40. The van der Waals surface area contributed by atoms with E-state index < -0.39 is 56.9 Å². The molecule has 3 rings (SSSR count). The van der Waals surface area contributed by atoms with Gasteiger partial charge < -0.3 is 18.8 Å². The highest BCUT2D eigenvalue weighted by molar-refractivity contribution is 5.89. The van der Waals surface area contributed by atoms with Crippen LogP contribution in [0.1, 0.15) is 77.7 Å². The van der Waals surface area contributed by atoms with Crippen LogP contribution < -0.4 is 9.47 Å². The average Bonchev–Trinajstić information content (AvgIpc) is 3.36. The molecular formula is C36H42F9NO6. The van der Waals surface area contributed by atoms with E-state index in [1.807, 2.05) is 13.8 Å². The van der Waals surface area contributed by atoms with E-state index in [9.17, 15) is 44.3 Å². The van der Waals surface area contributed by atoms with Gasteiger partial charge in [0.1, 0.15) is 11.5 Å². The lowest BCUT2D eigenvalue weighted by molar-refractivity contribution is -0.514. The van der Waals surface area contributed by atoms with Gasteiger partial charge in [-0.25, -0.2) is 14.3 Å². The van der Waals surface area contributed by atoms with Crippen LogP contribution in [0.2, 0.25) is 0 Å². The van der Waals surface area contributed by atoms with E-state index in [0.29, 0.717) is 41.5 Å². The van der Waals surface area contributed by atoms with E-state index in [1.165, 1.54) is 25.1 Å². The van der Waals surface area contributed by atoms with Gasteiger partial charge in [-0.1, -0.05) is 52.2 Å². The monoisotopic (exact) mass is 755 g/mol. The first-order valence-electron chi connectivity index (χ1n) is 16.8. The van der Waals surface area contributed by atoms with Crippen molar-refractivity contribution in [3.05, 3.63) is 60.2 Å². The van der Waals surface area contributed by atoms with Crippen LogP contribution in [0.15, 0.2) is 54.6 Å². The summed E-state index contributed by atoms with van der Waals surface area (Å²) in [4.78, 5) is 11.3. The summed E-state index contributed by atoms with van der Waals surface area (Å²) in [6.45, 7) is 6.83. The zero-order chi connectivity index (χ0) is 38.7. The number of carbonyl (C=O) groups is 1. The summed E-state index contributed by atoms with van der Waals surface area (Å²) in [6, 6.07) is 10.8. The molecule has 0 unspecified atom stereocenters. The van der Waals surface area contributed by atoms with Gasteiger partial charge in [-0.15, -0.1) is 22.0 Å². The zero-order valence-corrected chi connectivity index (χ0v) is 29.0. The summed E-state index contributed by atoms with van der Waals surface area (Å²) in [5.41, 5.74) is 1.63. The SMILES string of the molecule is C=C(C)C(=O)OCCC(F)(F)OC(F)(F)OC(F)(F)CCOc1ccc2cc(-c3ccc(CCCCC)cc3OC(F)(F)F)n(CCCCC)c2c1. The Morgan fingerprint density at radius 2 is 1.42 bits per heavy atom. The predicted molar refractivity (Wildman–Crippen MR) is 174 cm³/mol. The molecule has 0 aliphatic carbocycles. The molecule has 52 heavy (non-hydrogen) atoms. The molecule has 2 aromatic carbocycles. The van der Waals surface area contributed by atoms with Crippen LogP contribution in [0.5, 0.6) is 11.5 Å². The van der Waals surface area contributed by atoms with Crippen LogP contribution in [0.3, 0.4) is 0 Å². The van der Waals surface area contributed by atoms with Crippen molar-refractivity contribution in [3.63, 3.8) is 0 Å². The van der Waals surface area contributed by atoms with Gasteiger partial charge in [0.25, 0.3) is 0 Å². The number of alkyl halides is 9. The van der Waals surface area contributed by atoms with E-state index in [4.69, 9.17) is 4.74 Å². The molecule has 0 aliphatic heterocycles. The van der Waals surface area contributed by atoms with Crippen LogP contribution in [0, 0.1) is 0 Å². The van der Waals surface area contributed by atoms with Gasteiger partial charge in [-0.3, -0.25) is 0 Å². The number of halogens is 9. The lowest BCUT2D eigenvalue weighted by Gasteiger charge is -2.26. The molecule has 290 valence electrons. The third-order valence-electron chi connectivity index (χ3n) is 7.65.